The normalized spacial score (nSPS) is 15.9. The molecule has 1 aliphatic rings. The molecule has 3 rings (SSSR count). The minimum Gasteiger partial charge on any atom is -0.310 e. The van der Waals surface area contributed by atoms with Gasteiger partial charge in [-0.15, -0.1) is 0 Å². The van der Waals surface area contributed by atoms with E-state index in [-0.39, 0.29) is 10.6 Å². The van der Waals surface area contributed by atoms with E-state index in [1.165, 1.54) is 5.56 Å². The van der Waals surface area contributed by atoms with Crippen molar-refractivity contribution >= 4 is 28.9 Å². The van der Waals surface area contributed by atoms with E-state index in [0.717, 1.165) is 44.6 Å². The van der Waals surface area contributed by atoms with Crippen LogP contribution in [0.2, 0.25) is 10.0 Å². The lowest BCUT2D eigenvalue weighted by molar-refractivity contribution is -0.384. The van der Waals surface area contributed by atoms with Gasteiger partial charge in [-0.1, -0.05) is 41.4 Å². The number of halogens is 2. The second-order valence-corrected chi connectivity index (χ2v) is 7.42. The number of nitro benzene ring substituents is 1. The number of hydrogen-bond acceptors (Lipinski definition) is 4. The summed E-state index contributed by atoms with van der Waals surface area (Å²) in [6.45, 7) is 3.66. The van der Waals surface area contributed by atoms with E-state index in [1.807, 2.05) is 30.3 Å². The largest absolute Gasteiger partial charge is 0.310 e. The average molecular weight is 394 g/mol. The van der Waals surface area contributed by atoms with Crippen LogP contribution >= 0.6 is 23.2 Å². The van der Waals surface area contributed by atoms with E-state index >= 15 is 0 Å². The summed E-state index contributed by atoms with van der Waals surface area (Å²) in [5.41, 5.74) is 2.37. The second kappa shape index (κ2) is 8.82. The summed E-state index contributed by atoms with van der Waals surface area (Å²) < 4.78 is 0. The molecule has 0 unspecified atom stereocenters. The smallest absolute Gasteiger partial charge is 0.269 e. The molecule has 2 aromatic carbocycles. The molecule has 0 aliphatic carbocycles. The summed E-state index contributed by atoms with van der Waals surface area (Å²) in [5, 5.41) is 15.4. The number of hydrogen-bond donors (Lipinski definition) is 1. The van der Waals surface area contributed by atoms with Crippen LogP contribution in [0, 0.1) is 10.1 Å². The number of nitrogens with zero attached hydrogens (tertiary/aromatic N) is 2. The first-order valence-corrected chi connectivity index (χ1v) is 9.40. The standard InChI is InChI=1S/C19H21Cl2N3O2/c20-18-6-3-15(11-19(18)21)13-23-9-7-16(8-10-23)22-12-14-1-4-17(5-2-14)24(25)26/h1-6,11,16,22H,7-10,12-13H2. The third-order valence-corrected chi connectivity index (χ3v) is 5.46. The molecule has 5 nitrogen and oxygen atoms in total. The lowest BCUT2D eigenvalue weighted by atomic mass is 10.0. The molecular weight excluding hydrogens is 373 g/mol. The highest BCUT2D eigenvalue weighted by molar-refractivity contribution is 6.42. The van der Waals surface area contributed by atoms with E-state index < -0.39 is 0 Å². The zero-order chi connectivity index (χ0) is 18.5. The van der Waals surface area contributed by atoms with E-state index in [0.29, 0.717) is 16.1 Å². The third-order valence-electron chi connectivity index (χ3n) is 4.72. The number of non-ortho nitro benzene ring substituents is 1. The summed E-state index contributed by atoms with van der Waals surface area (Å²) in [6.07, 6.45) is 2.16. The van der Waals surface area contributed by atoms with Crippen molar-refractivity contribution in [2.45, 2.75) is 32.0 Å². The maximum Gasteiger partial charge on any atom is 0.269 e. The summed E-state index contributed by atoms with van der Waals surface area (Å²) in [5.74, 6) is 0. The summed E-state index contributed by atoms with van der Waals surface area (Å²) in [6, 6.07) is 13.0. The highest BCUT2D eigenvalue weighted by atomic mass is 35.5. The fourth-order valence-corrected chi connectivity index (χ4v) is 3.51. The number of piperidine rings is 1. The molecule has 7 heteroatoms. The molecule has 1 aliphatic heterocycles. The maximum atomic E-state index is 10.7. The van der Waals surface area contributed by atoms with Crippen LogP contribution in [-0.2, 0) is 13.1 Å². The van der Waals surface area contributed by atoms with Crippen molar-refractivity contribution in [1.82, 2.24) is 10.2 Å². The van der Waals surface area contributed by atoms with Crippen molar-refractivity contribution in [3.63, 3.8) is 0 Å². The zero-order valence-electron chi connectivity index (χ0n) is 14.3. The minimum atomic E-state index is -0.374. The van der Waals surface area contributed by atoms with Crippen LogP contribution < -0.4 is 5.32 Å². The van der Waals surface area contributed by atoms with E-state index in [9.17, 15) is 10.1 Å². The lowest BCUT2D eigenvalue weighted by Crippen LogP contribution is -2.41. The Bertz CT molecular complexity index is 760. The van der Waals surface area contributed by atoms with Gasteiger partial charge in [0.25, 0.3) is 5.69 Å². The third kappa shape index (κ3) is 5.17. The predicted molar refractivity (Wildman–Crippen MR) is 105 cm³/mol. The molecule has 1 heterocycles. The Labute approximate surface area is 163 Å². The summed E-state index contributed by atoms with van der Waals surface area (Å²) in [7, 11) is 0. The van der Waals surface area contributed by atoms with Gasteiger partial charge in [0.15, 0.2) is 0 Å². The Morgan fingerprint density at radius 3 is 2.31 bits per heavy atom. The van der Waals surface area contributed by atoms with Gasteiger partial charge in [0.05, 0.1) is 15.0 Å². The molecule has 1 fully saturated rings. The fraction of sp³-hybridized carbons (Fsp3) is 0.368. The van der Waals surface area contributed by atoms with Gasteiger partial charge >= 0.3 is 0 Å². The van der Waals surface area contributed by atoms with Gasteiger partial charge in [-0.25, -0.2) is 0 Å². The van der Waals surface area contributed by atoms with E-state index in [4.69, 9.17) is 23.2 Å². The van der Waals surface area contributed by atoms with Crippen molar-refractivity contribution in [3.05, 3.63) is 73.8 Å². The van der Waals surface area contributed by atoms with Crippen LogP contribution in [0.5, 0.6) is 0 Å². The Morgan fingerprint density at radius 2 is 1.69 bits per heavy atom. The fourth-order valence-electron chi connectivity index (χ4n) is 3.19. The van der Waals surface area contributed by atoms with Crippen molar-refractivity contribution in [3.8, 4) is 0 Å². The van der Waals surface area contributed by atoms with Gasteiger partial charge < -0.3 is 5.32 Å². The van der Waals surface area contributed by atoms with E-state index in [1.54, 1.807) is 12.1 Å². The molecule has 1 saturated heterocycles. The summed E-state index contributed by atoms with van der Waals surface area (Å²) >= 11 is 12.0. The number of rotatable bonds is 6. The molecule has 26 heavy (non-hydrogen) atoms. The van der Waals surface area contributed by atoms with Gasteiger partial charge in [-0.3, -0.25) is 15.0 Å². The average Bonchev–Trinajstić information content (AvgIpc) is 2.64. The second-order valence-electron chi connectivity index (χ2n) is 6.60. The lowest BCUT2D eigenvalue weighted by Gasteiger charge is -2.32. The van der Waals surface area contributed by atoms with Gasteiger partial charge in [0, 0.05) is 31.3 Å². The van der Waals surface area contributed by atoms with Crippen LogP contribution in [0.15, 0.2) is 42.5 Å². The first kappa shape index (κ1) is 19.1. The predicted octanol–water partition coefficient (Wildman–Crippen LogP) is 4.66. The zero-order valence-corrected chi connectivity index (χ0v) is 15.8. The van der Waals surface area contributed by atoms with Crippen LogP contribution in [0.25, 0.3) is 0 Å². The first-order valence-electron chi connectivity index (χ1n) is 8.64. The van der Waals surface area contributed by atoms with Crippen molar-refractivity contribution in [2.24, 2.45) is 0 Å². The monoisotopic (exact) mass is 393 g/mol. The molecule has 0 aromatic heterocycles. The molecule has 0 amide bonds. The van der Waals surface area contributed by atoms with Crippen LogP contribution in [0.3, 0.4) is 0 Å². The van der Waals surface area contributed by atoms with Crippen molar-refractivity contribution in [1.29, 1.82) is 0 Å². The molecule has 138 valence electrons. The quantitative estimate of drug-likeness (QED) is 0.572. The Morgan fingerprint density at radius 1 is 1.04 bits per heavy atom. The highest BCUT2D eigenvalue weighted by Gasteiger charge is 2.19. The molecule has 0 saturated carbocycles. The molecule has 1 N–H and O–H groups in total. The van der Waals surface area contributed by atoms with Crippen LogP contribution in [0.1, 0.15) is 24.0 Å². The van der Waals surface area contributed by atoms with Gasteiger partial charge in [-0.05, 0) is 49.2 Å². The molecular formula is C19H21Cl2N3O2. The van der Waals surface area contributed by atoms with Crippen molar-refractivity contribution < 1.29 is 4.92 Å². The molecule has 2 aromatic rings. The maximum absolute atomic E-state index is 10.7. The molecule has 0 radical (unpaired) electrons. The number of benzene rings is 2. The van der Waals surface area contributed by atoms with Gasteiger partial charge in [0.2, 0.25) is 0 Å². The molecule has 0 atom stereocenters. The highest BCUT2D eigenvalue weighted by Crippen LogP contribution is 2.24. The summed E-state index contributed by atoms with van der Waals surface area (Å²) in [4.78, 5) is 12.7. The number of nitrogens with one attached hydrogen (secondary N) is 1. The molecule has 0 spiro atoms. The van der Waals surface area contributed by atoms with Gasteiger partial charge in [-0.2, -0.15) is 0 Å². The topological polar surface area (TPSA) is 58.4 Å². The number of likely N-dealkylation sites (tertiary alicyclic amines) is 1. The van der Waals surface area contributed by atoms with Crippen LogP contribution in [-0.4, -0.2) is 29.0 Å². The molecule has 0 bridgehead atoms. The van der Waals surface area contributed by atoms with Gasteiger partial charge in [0.1, 0.15) is 0 Å². The SMILES string of the molecule is O=[N+]([O-])c1ccc(CNC2CCN(Cc3ccc(Cl)c(Cl)c3)CC2)cc1. The Kier molecular flexibility index (Phi) is 6.48. The van der Waals surface area contributed by atoms with Crippen molar-refractivity contribution in [2.75, 3.05) is 13.1 Å². The number of nitro groups is 1. The van der Waals surface area contributed by atoms with Crippen LogP contribution in [0.4, 0.5) is 5.69 Å². The Hall–Kier alpha value is -1.66. The first-order chi connectivity index (χ1) is 12.5. The Balaban J connectivity index is 1.43. The van der Waals surface area contributed by atoms with E-state index in [2.05, 4.69) is 10.2 Å². The minimum absolute atomic E-state index is 0.129.